The molecule has 0 spiro atoms. The minimum absolute atomic E-state index is 0.0906. The molecule has 120 valence electrons. The lowest BCUT2D eigenvalue weighted by Gasteiger charge is -2.10. The normalized spacial score (nSPS) is 12.0. The van der Waals surface area contributed by atoms with Crippen LogP contribution in [0.5, 0.6) is 0 Å². The highest BCUT2D eigenvalue weighted by molar-refractivity contribution is 6.31. The summed E-state index contributed by atoms with van der Waals surface area (Å²) in [4.78, 5) is 27.9. The molecule has 1 rings (SSSR count). The third-order valence-corrected chi connectivity index (χ3v) is 3.10. The molecule has 1 aromatic carbocycles. The van der Waals surface area contributed by atoms with Crippen LogP contribution in [0.25, 0.3) is 0 Å². The number of benzene rings is 1. The van der Waals surface area contributed by atoms with E-state index in [1.54, 1.807) is 0 Å². The fourth-order valence-corrected chi connectivity index (χ4v) is 1.72. The van der Waals surface area contributed by atoms with Crippen molar-refractivity contribution >= 4 is 23.7 Å². The predicted molar refractivity (Wildman–Crippen MR) is 86.9 cm³/mol. The van der Waals surface area contributed by atoms with Crippen LogP contribution in [0.2, 0.25) is 0 Å². The van der Waals surface area contributed by atoms with Crippen LogP contribution in [-0.2, 0) is 14.4 Å². The van der Waals surface area contributed by atoms with Crippen molar-refractivity contribution in [3.8, 4) is 0 Å². The van der Waals surface area contributed by atoms with Crippen LogP contribution in [0, 0.1) is 13.8 Å². The maximum atomic E-state index is 11.7. The van der Waals surface area contributed by atoms with Crippen LogP contribution >= 0.6 is 0 Å². The number of anilines is 1. The van der Waals surface area contributed by atoms with Crippen molar-refractivity contribution in [3.63, 3.8) is 0 Å². The largest absolute Gasteiger partial charge is 0.386 e. The maximum Gasteiger partial charge on any atom is 0.270 e. The van der Waals surface area contributed by atoms with Gasteiger partial charge in [-0.15, -0.1) is 0 Å². The third kappa shape index (κ3) is 6.39. The molecule has 0 aromatic heterocycles. The van der Waals surface area contributed by atoms with Crippen molar-refractivity contribution in [2.45, 2.75) is 40.2 Å². The topological polar surface area (TPSA) is 79.8 Å². The van der Waals surface area contributed by atoms with Gasteiger partial charge in [0.05, 0.1) is 0 Å². The van der Waals surface area contributed by atoms with E-state index in [2.05, 4.69) is 15.8 Å². The summed E-state index contributed by atoms with van der Waals surface area (Å²) in [6, 6.07) is 5.81. The molecule has 1 atom stereocenters. The molecule has 0 unspecified atom stereocenters. The lowest BCUT2D eigenvalue weighted by atomic mass is 10.1. The quantitative estimate of drug-likeness (QED) is 0.598. The van der Waals surface area contributed by atoms with Gasteiger partial charge >= 0.3 is 0 Å². The zero-order chi connectivity index (χ0) is 16.5. The second-order valence-electron chi connectivity index (χ2n) is 5.19. The number of oxime groups is 1. The van der Waals surface area contributed by atoms with Crippen molar-refractivity contribution in [1.82, 2.24) is 5.32 Å². The molecule has 2 N–H and O–H groups in total. The molecule has 22 heavy (non-hydrogen) atoms. The van der Waals surface area contributed by atoms with Gasteiger partial charge in [0, 0.05) is 11.7 Å². The van der Waals surface area contributed by atoms with Crippen LogP contribution in [0.15, 0.2) is 23.4 Å². The van der Waals surface area contributed by atoms with Gasteiger partial charge in [0.15, 0.2) is 6.61 Å². The van der Waals surface area contributed by atoms with E-state index in [9.17, 15) is 9.59 Å². The van der Waals surface area contributed by atoms with Gasteiger partial charge in [-0.25, -0.2) is 0 Å². The highest BCUT2D eigenvalue weighted by Gasteiger charge is 2.06. The first-order valence-corrected chi connectivity index (χ1v) is 7.25. The Balaban J connectivity index is 2.37. The first-order valence-electron chi connectivity index (χ1n) is 7.25. The molecule has 0 radical (unpaired) electrons. The second-order valence-corrected chi connectivity index (χ2v) is 5.19. The molecule has 0 heterocycles. The average Bonchev–Trinajstić information content (AvgIpc) is 2.46. The van der Waals surface area contributed by atoms with E-state index in [-0.39, 0.29) is 18.6 Å². The van der Waals surface area contributed by atoms with Crippen molar-refractivity contribution in [2.75, 3.05) is 11.9 Å². The monoisotopic (exact) mass is 305 g/mol. The molecule has 0 fully saturated rings. The molecule has 6 nitrogen and oxygen atoms in total. The number of nitrogens with zero attached hydrogens (tertiary/aromatic N) is 1. The Morgan fingerprint density at radius 3 is 2.73 bits per heavy atom. The summed E-state index contributed by atoms with van der Waals surface area (Å²) in [6.07, 6.45) is 1.85. The summed E-state index contributed by atoms with van der Waals surface area (Å²) in [5.74, 6) is -0.671. The molecular formula is C16H23N3O3. The van der Waals surface area contributed by atoms with E-state index in [1.165, 1.54) is 0 Å². The van der Waals surface area contributed by atoms with Crippen molar-refractivity contribution in [3.05, 3.63) is 29.3 Å². The molecule has 0 saturated carbocycles. The van der Waals surface area contributed by atoms with Crippen LogP contribution in [0.1, 0.15) is 31.4 Å². The summed E-state index contributed by atoms with van der Waals surface area (Å²) in [7, 11) is 0. The maximum absolute atomic E-state index is 11.7. The van der Waals surface area contributed by atoms with E-state index >= 15 is 0 Å². The van der Waals surface area contributed by atoms with Crippen LogP contribution < -0.4 is 10.6 Å². The zero-order valence-electron chi connectivity index (χ0n) is 13.5. The van der Waals surface area contributed by atoms with Crippen LogP contribution in [0.4, 0.5) is 5.69 Å². The summed E-state index contributed by atoms with van der Waals surface area (Å²) < 4.78 is 0. The Morgan fingerprint density at radius 1 is 1.36 bits per heavy atom. The van der Waals surface area contributed by atoms with Crippen molar-refractivity contribution in [1.29, 1.82) is 0 Å². The number of carbonyl (C=O) groups is 2. The van der Waals surface area contributed by atoms with Gasteiger partial charge < -0.3 is 15.5 Å². The average molecular weight is 305 g/mol. The smallest absolute Gasteiger partial charge is 0.270 e. The van der Waals surface area contributed by atoms with E-state index < -0.39 is 5.91 Å². The number of aryl methyl sites for hydroxylation is 2. The molecule has 0 bridgehead atoms. The molecule has 0 saturated heterocycles. The lowest BCUT2D eigenvalue weighted by Crippen LogP contribution is -2.34. The Labute approximate surface area is 130 Å². The molecule has 0 aliphatic heterocycles. The fourth-order valence-electron chi connectivity index (χ4n) is 1.72. The molecular weight excluding hydrogens is 282 g/mol. The molecule has 2 amide bonds. The van der Waals surface area contributed by atoms with Gasteiger partial charge in [0.2, 0.25) is 0 Å². The number of hydrogen-bond acceptors (Lipinski definition) is 4. The molecule has 6 heteroatoms. The number of hydrogen-bond donors (Lipinski definition) is 2. The Morgan fingerprint density at radius 2 is 2.09 bits per heavy atom. The van der Waals surface area contributed by atoms with Crippen molar-refractivity contribution in [2.24, 2.45) is 5.16 Å². The summed E-state index contributed by atoms with van der Waals surface area (Å²) >= 11 is 0. The standard InChI is InChI=1S/C16H23N3O3/c1-5-13(4)18-16(21)10-22-17-9-15(20)19-14-7-6-11(2)8-12(14)3/h6-9,13H,5,10H2,1-4H3,(H,18,21)(H,19,20)/b17-9-/t13-/m1/s1. The third-order valence-electron chi connectivity index (χ3n) is 3.10. The predicted octanol–water partition coefficient (Wildman–Crippen LogP) is 2.16. The Hall–Kier alpha value is -2.37. The number of rotatable bonds is 7. The highest BCUT2D eigenvalue weighted by Crippen LogP contribution is 2.15. The minimum Gasteiger partial charge on any atom is -0.386 e. The fraction of sp³-hybridized carbons (Fsp3) is 0.438. The lowest BCUT2D eigenvalue weighted by molar-refractivity contribution is -0.126. The van der Waals surface area contributed by atoms with Crippen LogP contribution in [0.3, 0.4) is 0 Å². The first kappa shape index (κ1) is 17.7. The van der Waals surface area contributed by atoms with Crippen molar-refractivity contribution < 1.29 is 14.4 Å². The SMILES string of the molecule is CC[C@@H](C)NC(=O)CO/N=C\C(=O)Nc1ccc(C)cc1C. The van der Waals surface area contributed by atoms with E-state index in [4.69, 9.17) is 4.84 Å². The van der Waals surface area contributed by atoms with E-state index in [1.807, 2.05) is 45.9 Å². The number of carbonyl (C=O) groups excluding carboxylic acids is 2. The number of nitrogens with one attached hydrogen (secondary N) is 2. The van der Waals surface area contributed by atoms with Gasteiger partial charge in [-0.1, -0.05) is 29.8 Å². The van der Waals surface area contributed by atoms with E-state index in [0.717, 1.165) is 29.4 Å². The summed E-state index contributed by atoms with van der Waals surface area (Å²) in [5, 5.41) is 8.92. The Bertz CT molecular complexity index is 556. The van der Waals surface area contributed by atoms with Gasteiger partial charge in [-0.05, 0) is 38.8 Å². The van der Waals surface area contributed by atoms with Gasteiger partial charge in [-0.2, -0.15) is 0 Å². The Kier molecular flexibility index (Phi) is 7.08. The summed E-state index contributed by atoms with van der Waals surface area (Å²) in [6.45, 7) is 7.56. The minimum atomic E-state index is -0.408. The molecule has 0 aliphatic carbocycles. The second kappa shape index (κ2) is 8.81. The van der Waals surface area contributed by atoms with Gasteiger partial charge in [0.1, 0.15) is 6.21 Å². The van der Waals surface area contributed by atoms with Crippen LogP contribution in [-0.4, -0.2) is 30.7 Å². The van der Waals surface area contributed by atoms with Gasteiger partial charge in [-0.3, -0.25) is 9.59 Å². The summed E-state index contributed by atoms with van der Waals surface area (Å²) in [5.41, 5.74) is 2.81. The zero-order valence-corrected chi connectivity index (χ0v) is 13.5. The highest BCUT2D eigenvalue weighted by atomic mass is 16.6. The number of amides is 2. The van der Waals surface area contributed by atoms with E-state index in [0.29, 0.717) is 0 Å². The van der Waals surface area contributed by atoms with Gasteiger partial charge in [0.25, 0.3) is 11.8 Å². The molecule has 1 aromatic rings. The first-order chi connectivity index (χ1) is 10.4. The molecule has 0 aliphatic rings.